The minimum Gasteiger partial charge on any atom is -0.490 e. The Morgan fingerprint density at radius 1 is 0.871 bits per heavy atom. The zero-order valence-corrected chi connectivity index (χ0v) is 20.6. The molecule has 0 spiro atoms. The van der Waals surface area contributed by atoms with Crippen LogP contribution in [0.4, 0.5) is 0 Å². The van der Waals surface area contributed by atoms with Gasteiger partial charge in [-0.15, -0.1) is 0 Å². The van der Waals surface area contributed by atoms with Crippen LogP contribution in [-0.4, -0.2) is 30.4 Å². The number of aliphatic hydroxyl groups excluding tert-OH is 1. The van der Waals surface area contributed by atoms with Gasteiger partial charge in [0.25, 0.3) is 0 Å². The van der Waals surface area contributed by atoms with E-state index in [-0.39, 0.29) is 17.4 Å². The van der Waals surface area contributed by atoms with E-state index >= 15 is 0 Å². The summed E-state index contributed by atoms with van der Waals surface area (Å²) in [6.07, 6.45) is 3.77. The highest BCUT2D eigenvalue weighted by molar-refractivity contribution is 5.71. The highest BCUT2D eigenvalue weighted by Gasteiger charge is 2.28. The van der Waals surface area contributed by atoms with Crippen molar-refractivity contribution in [2.45, 2.75) is 78.4 Å². The maximum absolute atomic E-state index is 10.4. The Kier molecular flexibility index (Phi) is 8.50. The first-order chi connectivity index (χ1) is 14.4. The Labute approximate surface area is 189 Å². The predicted octanol–water partition coefficient (Wildman–Crippen LogP) is 6.19. The molecule has 2 aromatic carbocycles. The van der Waals surface area contributed by atoms with E-state index in [4.69, 9.17) is 4.74 Å². The first-order valence-electron chi connectivity index (χ1n) is 11.3. The second kappa shape index (κ2) is 10.5. The SMILES string of the molecule is CC(C)NCC(O)COc1c(C(C)(C)C)cc(/C=C/c2ccccc2)cc1C(C)(C)C. The van der Waals surface area contributed by atoms with Crippen LogP contribution in [0.1, 0.15) is 77.6 Å². The second-order valence-corrected chi connectivity index (χ2v) is 10.7. The molecule has 0 aliphatic rings. The van der Waals surface area contributed by atoms with Crippen LogP contribution < -0.4 is 10.1 Å². The third-order valence-corrected chi connectivity index (χ3v) is 5.18. The van der Waals surface area contributed by atoms with E-state index in [0.717, 1.165) is 22.4 Å². The van der Waals surface area contributed by atoms with Gasteiger partial charge in [0.05, 0.1) is 0 Å². The van der Waals surface area contributed by atoms with E-state index in [9.17, 15) is 5.11 Å². The molecule has 2 N–H and O–H groups in total. The van der Waals surface area contributed by atoms with Crippen LogP contribution in [0.25, 0.3) is 12.2 Å². The van der Waals surface area contributed by atoms with E-state index in [2.05, 4.69) is 109 Å². The number of aliphatic hydroxyl groups is 1. The lowest BCUT2D eigenvalue weighted by Crippen LogP contribution is -2.35. The lowest BCUT2D eigenvalue weighted by molar-refractivity contribution is 0.102. The fourth-order valence-corrected chi connectivity index (χ4v) is 3.38. The van der Waals surface area contributed by atoms with Gasteiger partial charge < -0.3 is 15.2 Å². The van der Waals surface area contributed by atoms with Crippen LogP contribution in [0.5, 0.6) is 5.75 Å². The summed E-state index contributed by atoms with van der Waals surface area (Å²) in [5, 5.41) is 13.7. The maximum atomic E-state index is 10.4. The standard InChI is InChI=1S/C28H41NO2/c1-20(2)29-18-23(30)19-31-26-24(27(3,4)5)16-22(17-25(26)28(6,7)8)15-14-21-12-10-9-11-13-21/h9-17,20,23,29-30H,18-19H2,1-8H3/b15-14+. The van der Waals surface area contributed by atoms with Crippen molar-refractivity contribution in [3.05, 3.63) is 64.7 Å². The summed E-state index contributed by atoms with van der Waals surface area (Å²) in [7, 11) is 0. The number of benzene rings is 2. The van der Waals surface area contributed by atoms with Crippen molar-refractivity contribution in [3.8, 4) is 5.75 Å². The van der Waals surface area contributed by atoms with Gasteiger partial charge in [0.2, 0.25) is 0 Å². The molecule has 0 fully saturated rings. The van der Waals surface area contributed by atoms with Gasteiger partial charge in [-0.3, -0.25) is 0 Å². The maximum Gasteiger partial charge on any atom is 0.126 e. The number of ether oxygens (including phenoxy) is 1. The molecule has 1 unspecified atom stereocenters. The first-order valence-corrected chi connectivity index (χ1v) is 11.3. The van der Waals surface area contributed by atoms with Gasteiger partial charge in [0.1, 0.15) is 18.5 Å². The van der Waals surface area contributed by atoms with Gasteiger partial charge in [-0.1, -0.05) is 97.9 Å². The molecule has 0 saturated heterocycles. The number of nitrogens with one attached hydrogen (secondary N) is 1. The van der Waals surface area contributed by atoms with Gasteiger partial charge in [-0.2, -0.15) is 0 Å². The molecule has 0 radical (unpaired) electrons. The summed E-state index contributed by atoms with van der Waals surface area (Å²) in [5.74, 6) is 0.903. The molecule has 2 rings (SSSR count). The van der Waals surface area contributed by atoms with Crippen LogP contribution >= 0.6 is 0 Å². The van der Waals surface area contributed by atoms with Gasteiger partial charge in [0.15, 0.2) is 0 Å². The minimum absolute atomic E-state index is 0.0902. The third kappa shape index (κ3) is 7.83. The smallest absolute Gasteiger partial charge is 0.126 e. The molecule has 0 aromatic heterocycles. The molecule has 0 saturated carbocycles. The van der Waals surface area contributed by atoms with Crippen molar-refractivity contribution in [1.29, 1.82) is 0 Å². The summed E-state index contributed by atoms with van der Waals surface area (Å²) in [6, 6.07) is 15.1. The summed E-state index contributed by atoms with van der Waals surface area (Å²) in [5.41, 5.74) is 4.49. The largest absolute Gasteiger partial charge is 0.490 e. The van der Waals surface area contributed by atoms with E-state index in [0.29, 0.717) is 12.6 Å². The molecular formula is C28H41NO2. The quantitative estimate of drug-likeness (QED) is 0.497. The molecule has 2 aromatic rings. The summed E-state index contributed by atoms with van der Waals surface area (Å²) in [6.45, 7) is 18.2. The zero-order chi connectivity index (χ0) is 23.2. The fraction of sp³-hybridized carbons (Fsp3) is 0.500. The monoisotopic (exact) mass is 423 g/mol. The van der Waals surface area contributed by atoms with Crippen molar-refractivity contribution >= 4 is 12.2 Å². The van der Waals surface area contributed by atoms with Crippen LogP contribution in [0.15, 0.2) is 42.5 Å². The summed E-state index contributed by atoms with van der Waals surface area (Å²) >= 11 is 0. The average Bonchev–Trinajstić information content (AvgIpc) is 2.68. The number of rotatable bonds is 8. The van der Waals surface area contributed by atoms with E-state index in [1.165, 1.54) is 5.56 Å². The Morgan fingerprint density at radius 3 is 1.87 bits per heavy atom. The topological polar surface area (TPSA) is 41.5 Å². The minimum atomic E-state index is -0.555. The van der Waals surface area contributed by atoms with Crippen LogP contribution in [0.3, 0.4) is 0 Å². The third-order valence-electron chi connectivity index (χ3n) is 5.18. The average molecular weight is 424 g/mol. The molecule has 1 atom stereocenters. The summed E-state index contributed by atoms with van der Waals surface area (Å²) in [4.78, 5) is 0. The molecule has 0 amide bonds. The zero-order valence-electron chi connectivity index (χ0n) is 20.6. The van der Waals surface area contributed by atoms with Crippen LogP contribution in [-0.2, 0) is 10.8 Å². The highest BCUT2D eigenvalue weighted by Crippen LogP contribution is 2.41. The van der Waals surface area contributed by atoms with Gasteiger partial charge in [0, 0.05) is 23.7 Å². The van der Waals surface area contributed by atoms with Crippen molar-refractivity contribution in [2.24, 2.45) is 0 Å². The fourth-order valence-electron chi connectivity index (χ4n) is 3.38. The Bertz CT molecular complexity index is 820. The van der Waals surface area contributed by atoms with Gasteiger partial charge in [-0.05, 0) is 34.1 Å². The summed E-state index contributed by atoms with van der Waals surface area (Å²) < 4.78 is 6.32. The Balaban J connectivity index is 2.44. The molecule has 170 valence electrons. The van der Waals surface area contributed by atoms with Crippen molar-refractivity contribution < 1.29 is 9.84 Å². The molecule has 0 aliphatic carbocycles. The van der Waals surface area contributed by atoms with E-state index < -0.39 is 6.10 Å². The van der Waals surface area contributed by atoms with Crippen LogP contribution in [0.2, 0.25) is 0 Å². The highest BCUT2D eigenvalue weighted by atomic mass is 16.5. The van der Waals surface area contributed by atoms with Gasteiger partial charge in [-0.25, -0.2) is 0 Å². The molecule has 31 heavy (non-hydrogen) atoms. The molecule has 0 heterocycles. The first kappa shape index (κ1) is 25.2. The van der Waals surface area contributed by atoms with Gasteiger partial charge >= 0.3 is 0 Å². The lowest BCUT2D eigenvalue weighted by Gasteiger charge is -2.31. The number of hydrogen-bond donors (Lipinski definition) is 2. The lowest BCUT2D eigenvalue weighted by atomic mass is 9.78. The molecule has 0 bridgehead atoms. The van der Waals surface area contributed by atoms with E-state index in [1.54, 1.807) is 0 Å². The Morgan fingerprint density at radius 2 is 1.39 bits per heavy atom. The van der Waals surface area contributed by atoms with Crippen molar-refractivity contribution in [1.82, 2.24) is 5.32 Å². The normalized spacial score (nSPS) is 13.7. The second-order valence-electron chi connectivity index (χ2n) is 10.7. The van der Waals surface area contributed by atoms with Crippen molar-refractivity contribution in [3.63, 3.8) is 0 Å². The van der Waals surface area contributed by atoms with Crippen molar-refractivity contribution in [2.75, 3.05) is 13.2 Å². The van der Waals surface area contributed by atoms with Crippen LogP contribution in [0, 0.1) is 0 Å². The molecule has 3 nitrogen and oxygen atoms in total. The number of hydrogen-bond acceptors (Lipinski definition) is 3. The molecule has 3 heteroatoms. The molecular weight excluding hydrogens is 382 g/mol. The molecule has 0 aliphatic heterocycles. The van der Waals surface area contributed by atoms with E-state index in [1.807, 2.05) is 6.07 Å². The predicted molar refractivity (Wildman–Crippen MR) is 134 cm³/mol. The Hall–Kier alpha value is -2.10.